The van der Waals surface area contributed by atoms with Gasteiger partial charge in [-0.25, -0.2) is 0 Å². The first-order chi connectivity index (χ1) is 10.8. The van der Waals surface area contributed by atoms with E-state index in [9.17, 15) is 4.79 Å². The first-order valence-electron chi connectivity index (χ1n) is 8.92. The molecule has 4 heterocycles. The molecule has 0 aromatic heterocycles. The summed E-state index contributed by atoms with van der Waals surface area (Å²) in [6, 6.07) is 9.37. The van der Waals surface area contributed by atoms with Crippen molar-refractivity contribution in [2.45, 2.75) is 56.0 Å². The molecule has 1 saturated carbocycles. The standard InChI is InChI=1S/C19H22N2O/c22-16-12-18-7-3-10-20-11-6-14-13-4-1-2-5-15(13)21(16)19(14,9-8-18)17(18)20/h1-2,4-5,14,17H,3,6-12H2. The molecule has 114 valence electrons. The summed E-state index contributed by atoms with van der Waals surface area (Å²) in [4.78, 5) is 18.2. The summed E-state index contributed by atoms with van der Waals surface area (Å²) in [6.45, 7) is 2.48. The monoisotopic (exact) mass is 294 g/mol. The van der Waals surface area contributed by atoms with Gasteiger partial charge in [0.05, 0.1) is 5.54 Å². The number of hydrogen-bond donors (Lipinski definition) is 0. The zero-order valence-corrected chi connectivity index (χ0v) is 12.9. The predicted molar refractivity (Wildman–Crippen MR) is 84.9 cm³/mol. The lowest BCUT2D eigenvalue weighted by Gasteiger charge is -2.61. The number of piperidine rings is 3. The van der Waals surface area contributed by atoms with Crippen LogP contribution in [0.15, 0.2) is 24.3 Å². The molecule has 3 saturated heterocycles. The van der Waals surface area contributed by atoms with Crippen LogP contribution < -0.4 is 4.90 Å². The van der Waals surface area contributed by atoms with E-state index >= 15 is 0 Å². The summed E-state index contributed by atoms with van der Waals surface area (Å²) >= 11 is 0. The van der Waals surface area contributed by atoms with E-state index < -0.39 is 0 Å². The van der Waals surface area contributed by atoms with Crippen molar-refractivity contribution in [3.05, 3.63) is 29.8 Å². The van der Waals surface area contributed by atoms with Crippen molar-refractivity contribution < 1.29 is 4.79 Å². The number of fused-ring (bicyclic) bond motifs is 3. The molecule has 1 aliphatic carbocycles. The summed E-state index contributed by atoms with van der Waals surface area (Å²) in [5.74, 6) is 0.988. The average molecular weight is 294 g/mol. The maximum atomic E-state index is 13.1. The molecular weight excluding hydrogens is 272 g/mol. The normalized spacial score (nSPS) is 44.9. The maximum Gasteiger partial charge on any atom is 0.228 e. The molecule has 1 aromatic carbocycles. The van der Waals surface area contributed by atoms with E-state index in [0.29, 0.717) is 23.3 Å². The van der Waals surface area contributed by atoms with Gasteiger partial charge in [-0.1, -0.05) is 18.2 Å². The lowest BCUT2D eigenvalue weighted by molar-refractivity contribution is -0.132. The Morgan fingerprint density at radius 1 is 1.09 bits per heavy atom. The Labute approximate surface area is 131 Å². The Kier molecular flexibility index (Phi) is 1.98. The Morgan fingerprint density at radius 3 is 2.95 bits per heavy atom. The van der Waals surface area contributed by atoms with E-state index in [1.54, 1.807) is 0 Å². The van der Waals surface area contributed by atoms with E-state index in [-0.39, 0.29) is 5.54 Å². The fraction of sp³-hybridized carbons (Fsp3) is 0.632. The van der Waals surface area contributed by atoms with Crippen LogP contribution in [-0.4, -0.2) is 35.5 Å². The van der Waals surface area contributed by atoms with Crippen LogP contribution in [0.1, 0.15) is 50.0 Å². The second-order valence-electron chi connectivity index (χ2n) is 8.20. The van der Waals surface area contributed by atoms with Crippen LogP contribution in [0, 0.1) is 5.41 Å². The number of nitrogens with zero attached hydrogens (tertiary/aromatic N) is 2. The molecule has 3 nitrogen and oxygen atoms in total. The van der Waals surface area contributed by atoms with Crippen LogP contribution in [0.25, 0.3) is 0 Å². The Bertz CT molecular complexity index is 700. The number of hydrogen-bond acceptors (Lipinski definition) is 2. The molecule has 0 radical (unpaired) electrons. The summed E-state index contributed by atoms with van der Waals surface area (Å²) in [6.07, 6.45) is 7.07. The van der Waals surface area contributed by atoms with E-state index in [1.807, 2.05) is 0 Å². The van der Waals surface area contributed by atoms with Gasteiger partial charge in [-0.2, -0.15) is 0 Å². The van der Waals surface area contributed by atoms with Gasteiger partial charge in [0.25, 0.3) is 0 Å². The minimum Gasteiger partial charge on any atom is -0.304 e. The van der Waals surface area contributed by atoms with Crippen LogP contribution in [0.3, 0.4) is 0 Å². The van der Waals surface area contributed by atoms with E-state index in [1.165, 1.54) is 56.4 Å². The van der Waals surface area contributed by atoms with Gasteiger partial charge in [-0.3, -0.25) is 9.69 Å². The van der Waals surface area contributed by atoms with Crippen LogP contribution in [-0.2, 0) is 4.79 Å². The van der Waals surface area contributed by atoms with Gasteiger partial charge in [-0.15, -0.1) is 0 Å². The van der Waals surface area contributed by atoms with E-state index in [4.69, 9.17) is 0 Å². The zero-order chi connectivity index (χ0) is 14.5. The summed E-state index contributed by atoms with van der Waals surface area (Å²) in [5, 5.41) is 0. The fourth-order valence-corrected chi connectivity index (χ4v) is 7.18. The lowest BCUT2D eigenvalue weighted by Crippen LogP contribution is -2.73. The van der Waals surface area contributed by atoms with Gasteiger partial charge in [0.1, 0.15) is 0 Å². The van der Waals surface area contributed by atoms with Crippen molar-refractivity contribution in [1.82, 2.24) is 4.90 Å². The molecule has 1 spiro atoms. The van der Waals surface area contributed by atoms with Crippen LogP contribution in [0.5, 0.6) is 0 Å². The van der Waals surface area contributed by atoms with E-state index in [2.05, 4.69) is 34.1 Å². The summed E-state index contributed by atoms with van der Waals surface area (Å²) < 4.78 is 0. The second kappa shape index (κ2) is 3.59. The number of anilines is 1. The fourth-order valence-electron chi connectivity index (χ4n) is 7.18. The van der Waals surface area contributed by atoms with Crippen molar-refractivity contribution in [3.63, 3.8) is 0 Å². The Hall–Kier alpha value is -1.35. The highest BCUT2D eigenvalue weighted by atomic mass is 16.2. The molecule has 5 aliphatic rings. The molecule has 1 amide bonds. The third-order valence-electron chi connectivity index (χ3n) is 7.59. The first kappa shape index (κ1) is 12.1. The molecule has 1 aromatic rings. The van der Waals surface area contributed by atoms with Crippen molar-refractivity contribution >= 4 is 11.6 Å². The highest BCUT2D eigenvalue weighted by molar-refractivity contribution is 6.00. The molecular formula is C19H22N2O. The topological polar surface area (TPSA) is 23.6 Å². The van der Waals surface area contributed by atoms with Gasteiger partial charge < -0.3 is 4.90 Å². The van der Waals surface area contributed by atoms with Crippen molar-refractivity contribution in [2.75, 3.05) is 18.0 Å². The Morgan fingerprint density at radius 2 is 2.00 bits per heavy atom. The van der Waals surface area contributed by atoms with Crippen molar-refractivity contribution in [2.24, 2.45) is 5.41 Å². The van der Waals surface area contributed by atoms with Gasteiger partial charge in [0.2, 0.25) is 5.91 Å². The van der Waals surface area contributed by atoms with Crippen molar-refractivity contribution in [1.29, 1.82) is 0 Å². The second-order valence-corrected chi connectivity index (χ2v) is 8.20. The third-order valence-corrected chi connectivity index (χ3v) is 7.59. The van der Waals surface area contributed by atoms with Gasteiger partial charge in [0, 0.05) is 24.1 Å². The Balaban J connectivity index is 1.65. The highest BCUT2D eigenvalue weighted by Gasteiger charge is 2.73. The quantitative estimate of drug-likeness (QED) is 0.734. The minimum absolute atomic E-state index is 0.0949. The van der Waals surface area contributed by atoms with Crippen LogP contribution in [0.4, 0.5) is 5.69 Å². The van der Waals surface area contributed by atoms with Crippen LogP contribution >= 0.6 is 0 Å². The molecule has 4 unspecified atom stereocenters. The van der Waals surface area contributed by atoms with Gasteiger partial charge >= 0.3 is 0 Å². The van der Waals surface area contributed by atoms with Crippen LogP contribution in [0.2, 0.25) is 0 Å². The number of para-hydroxylation sites is 1. The minimum atomic E-state index is 0.0949. The van der Waals surface area contributed by atoms with Crippen molar-refractivity contribution in [3.8, 4) is 0 Å². The molecule has 22 heavy (non-hydrogen) atoms. The van der Waals surface area contributed by atoms with Gasteiger partial charge in [0.15, 0.2) is 0 Å². The predicted octanol–water partition coefficient (Wildman–Crippen LogP) is 2.91. The molecule has 4 aliphatic heterocycles. The molecule has 2 bridgehead atoms. The molecule has 0 N–H and O–H groups in total. The molecule has 3 heteroatoms. The lowest BCUT2D eigenvalue weighted by atomic mass is 9.61. The summed E-state index contributed by atoms with van der Waals surface area (Å²) in [5.41, 5.74) is 3.09. The zero-order valence-electron chi connectivity index (χ0n) is 12.9. The number of carbonyl (C=O) groups is 1. The number of benzene rings is 1. The first-order valence-corrected chi connectivity index (χ1v) is 8.92. The summed E-state index contributed by atoms with van der Waals surface area (Å²) in [7, 11) is 0. The molecule has 6 rings (SSSR count). The maximum absolute atomic E-state index is 13.1. The SMILES string of the molecule is O=C1CC23CCCN4CCC5c6ccccc6N1C5(CC2)C43. The number of carbonyl (C=O) groups excluding carboxylic acids is 1. The molecule has 4 atom stereocenters. The van der Waals surface area contributed by atoms with E-state index in [0.717, 1.165) is 6.42 Å². The number of amides is 1. The average Bonchev–Trinajstić information content (AvgIpc) is 2.98. The highest BCUT2D eigenvalue weighted by Crippen LogP contribution is 2.69. The third kappa shape index (κ3) is 1.07. The largest absolute Gasteiger partial charge is 0.304 e. The smallest absolute Gasteiger partial charge is 0.228 e. The molecule has 4 fully saturated rings. The van der Waals surface area contributed by atoms with Gasteiger partial charge in [-0.05, 0) is 62.2 Å². The number of rotatable bonds is 0.